The highest BCUT2D eigenvalue weighted by Crippen LogP contribution is 2.18. The summed E-state index contributed by atoms with van der Waals surface area (Å²) in [5.74, 6) is -0.376. The Morgan fingerprint density at radius 3 is 2.16 bits per heavy atom. The SMILES string of the molecule is Cc1cc(C)n(-c2ccc([C@@H](C)NC(=O)[C@@H](NC(=O)Cc3ccccc3)C(C)C)cc2)n1. The number of aromatic nitrogens is 2. The van der Waals surface area contributed by atoms with Crippen LogP contribution in [0.3, 0.4) is 0 Å². The van der Waals surface area contributed by atoms with E-state index < -0.39 is 6.04 Å². The summed E-state index contributed by atoms with van der Waals surface area (Å²) >= 11 is 0. The second kappa shape index (κ2) is 10.3. The molecule has 0 radical (unpaired) electrons. The Morgan fingerprint density at radius 2 is 1.59 bits per heavy atom. The van der Waals surface area contributed by atoms with Gasteiger partial charge in [-0.2, -0.15) is 5.10 Å². The molecule has 0 aliphatic rings. The number of hydrogen-bond donors (Lipinski definition) is 2. The molecular formula is C26H32N4O2. The topological polar surface area (TPSA) is 76.0 Å². The zero-order valence-electron chi connectivity index (χ0n) is 19.4. The van der Waals surface area contributed by atoms with Crippen LogP contribution in [0.25, 0.3) is 5.69 Å². The molecule has 6 nitrogen and oxygen atoms in total. The van der Waals surface area contributed by atoms with Crippen molar-refractivity contribution in [1.82, 2.24) is 20.4 Å². The smallest absolute Gasteiger partial charge is 0.243 e. The van der Waals surface area contributed by atoms with Crippen LogP contribution in [0.2, 0.25) is 0 Å². The van der Waals surface area contributed by atoms with Gasteiger partial charge in [0.2, 0.25) is 11.8 Å². The van der Waals surface area contributed by atoms with Crippen molar-refractivity contribution in [3.05, 3.63) is 83.2 Å². The summed E-state index contributed by atoms with van der Waals surface area (Å²) in [6.07, 6.45) is 0.251. The maximum absolute atomic E-state index is 13.0. The molecule has 0 bridgehead atoms. The van der Waals surface area contributed by atoms with Gasteiger partial charge < -0.3 is 10.6 Å². The van der Waals surface area contributed by atoms with Crippen molar-refractivity contribution in [3.63, 3.8) is 0 Å². The van der Waals surface area contributed by atoms with E-state index in [0.29, 0.717) is 0 Å². The molecule has 2 amide bonds. The number of carbonyl (C=O) groups is 2. The summed E-state index contributed by atoms with van der Waals surface area (Å²) in [6, 6.07) is 18.8. The number of carbonyl (C=O) groups excluding carboxylic acids is 2. The summed E-state index contributed by atoms with van der Waals surface area (Å²) in [4.78, 5) is 25.4. The predicted octanol–water partition coefficient (Wildman–Crippen LogP) is 4.05. The van der Waals surface area contributed by atoms with Gasteiger partial charge in [-0.1, -0.05) is 56.3 Å². The number of hydrogen-bond acceptors (Lipinski definition) is 3. The molecule has 2 aromatic carbocycles. The zero-order valence-corrected chi connectivity index (χ0v) is 19.4. The van der Waals surface area contributed by atoms with Crippen LogP contribution >= 0.6 is 0 Å². The van der Waals surface area contributed by atoms with Crippen molar-refractivity contribution in [2.75, 3.05) is 0 Å². The number of amides is 2. The highest BCUT2D eigenvalue weighted by Gasteiger charge is 2.25. The number of benzene rings is 2. The van der Waals surface area contributed by atoms with Crippen LogP contribution in [0, 0.1) is 19.8 Å². The molecule has 0 saturated carbocycles. The summed E-state index contributed by atoms with van der Waals surface area (Å²) < 4.78 is 1.90. The van der Waals surface area contributed by atoms with Gasteiger partial charge in [0.15, 0.2) is 0 Å². The van der Waals surface area contributed by atoms with E-state index in [2.05, 4.69) is 15.7 Å². The van der Waals surface area contributed by atoms with Crippen molar-refractivity contribution in [3.8, 4) is 5.69 Å². The van der Waals surface area contributed by atoms with Crippen molar-refractivity contribution in [2.45, 2.75) is 53.1 Å². The number of aryl methyl sites for hydroxylation is 2. The standard InChI is InChI=1S/C26H32N4O2/c1-17(2)25(28-24(31)16-21-9-7-6-8-10-21)26(32)27-20(5)22-11-13-23(14-12-22)30-19(4)15-18(3)29-30/h6-15,17,20,25H,16H2,1-5H3,(H,27,32)(H,28,31)/t20-,25+/m1/s1. The highest BCUT2D eigenvalue weighted by molar-refractivity contribution is 5.88. The van der Waals surface area contributed by atoms with Gasteiger partial charge >= 0.3 is 0 Å². The number of nitrogens with one attached hydrogen (secondary N) is 2. The summed E-state index contributed by atoms with van der Waals surface area (Å²) in [6.45, 7) is 9.80. The van der Waals surface area contributed by atoms with Crippen molar-refractivity contribution >= 4 is 11.8 Å². The van der Waals surface area contributed by atoms with Crippen LogP contribution in [0.5, 0.6) is 0 Å². The Hall–Kier alpha value is -3.41. The third-order valence-corrected chi connectivity index (χ3v) is 5.48. The van der Waals surface area contributed by atoms with Crippen LogP contribution in [-0.4, -0.2) is 27.6 Å². The van der Waals surface area contributed by atoms with Crippen LogP contribution < -0.4 is 10.6 Å². The van der Waals surface area contributed by atoms with Gasteiger partial charge in [0.1, 0.15) is 6.04 Å². The Balaban J connectivity index is 1.63. The minimum absolute atomic E-state index is 0.0321. The van der Waals surface area contributed by atoms with Gasteiger partial charge in [-0.05, 0) is 56.0 Å². The minimum Gasteiger partial charge on any atom is -0.348 e. The molecule has 6 heteroatoms. The van der Waals surface area contributed by atoms with E-state index >= 15 is 0 Å². The molecule has 2 N–H and O–H groups in total. The van der Waals surface area contributed by atoms with Gasteiger partial charge in [-0.15, -0.1) is 0 Å². The zero-order chi connectivity index (χ0) is 23.3. The fraction of sp³-hybridized carbons (Fsp3) is 0.346. The Morgan fingerprint density at radius 1 is 0.938 bits per heavy atom. The molecule has 1 aromatic heterocycles. The lowest BCUT2D eigenvalue weighted by Gasteiger charge is -2.24. The molecule has 3 rings (SSSR count). The minimum atomic E-state index is -0.595. The van der Waals surface area contributed by atoms with Gasteiger partial charge in [0.25, 0.3) is 0 Å². The molecule has 0 aliphatic heterocycles. The lowest BCUT2D eigenvalue weighted by atomic mass is 10.0. The van der Waals surface area contributed by atoms with Gasteiger partial charge in [0.05, 0.1) is 23.8 Å². The molecule has 0 aliphatic carbocycles. The fourth-order valence-corrected chi connectivity index (χ4v) is 3.72. The Bertz CT molecular complexity index is 1060. The summed E-state index contributed by atoms with van der Waals surface area (Å²) in [5.41, 5.74) is 4.93. The highest BCUT2D eigenvalue weighted by atomic mass is 16.2. The van der Waals surface area contributed by atoms with E-state index in [1.165, 1.54) is 0 Å². The van der Waals surface area contributed by atoms with Crippen molar-refractivity contribution in [1.29, 1.82) is 0 Å². The monoisotopic (exact) mass is 432 g/mol. The molecule has 0 saturated heterocycles. The lowest BCUT2D eigenvalue weighted by molar-refractivity contribution is -0.130. The largest absolute Gasteiger partial charge is 0.348 e. The normalized spacial score (nSPS) is 12.9. The summed E-state index contributed by atoms with van der Waals surface area (Å²) in [7, 11) is 0. The molecule has 0 fully saturated rings. The van der Waals surface area contributed by atoms with Gasteiger partial charge in [0, 0.05) is 5.69 Å². The average Bonchev–Trinajstić information content (AvgIpc) is 3.10. The third kappa shape index (κ3) is 5.84. The van der Waals surface area contributed by atoms with E-state index in [1.807, 2.05) is 100.0 Å². The third-order valence-electron chi connectivity index (χ3n) is 5.48. The first kappa shape index (κ1) is 23.3. The average molecular weight is 433 g/mol. The molecule has 3 aromatic rings. The van der Waals surface area contributed by atoms with E-state index in [-0.39, 0.29) is 30.2 Å². The Kier molecular flexibility index (Phi) is 7.46. The molecule has 2 atom stereocenters. The van der Waals surface area contributed by atoms with Crippen LogP contribution in [-0.2, 0) is 16.0 Å². The second-order valence-electron chi connectivity index (χ2n) is 8.61. The maximum Gasteiger partial charge on any atom is 0.243 e. The van der Waals surface area contributed by atoms with Crippen molar-refractivity contribution < 1.29 is 9.59 Å². The van der Waals surface area contributed by atoms with E-state index in [0.717, 1.165) is 28.2 Å². The molecule has 1 heterocycles. The fourth-order valence-electron chi connectivity index (χ4n) is 3.72. The maximum atomic E-state index is 13.0. The van der Waals surface area contributed by atoms with Crippen LogP contribution in [0.4, 0.5) is 0 Å². The van der Waals surface area contributed by atoms with Crippen molar-refractivity contribution in [2.24, 2.45) is 5.92 Å². The number of rotatable bonds is 8. The predicted molar refractivity (Wildman–Crippen MR) is 127 cm³/mol. The molecule has 32 heavy (non-hydrogen) atoms. The molecular weight excluding hydrogens is 400 g/mol. The first-order chi connectivity index (χ1) is 15.2. The molecule has 0 spiro atoms. The van der Waals surface area contributed by atoms with Gasteiger partial charge in [-0.3, -0.25) is 9.59 Å². The van der Waals surface area contributed by atoms with Gasteiger partial charge in [-0.25, -0.2) is 4.68 Å². The van der Waals surface area contributed by atoms with Crippen LogP contribution in [0.15, 0.2) is 60.7 Å². The van der Waals surface area contributed by atoms with Crippen LogP contribution in [0.1, 0.15) is 49.3 Å². The number of nitrogens with zero attached hydrogens (tertiary/aromatic N) is 2. The summed E-state index contributed by atoms with van der Waals surface area (Å²) in [5, 5.41) is 10.5. The lowest BCUT2D eigenvalue weighted by Crippen LogP contribution is -2.50. The quantitative estimate of drug-likeness (QED) is 0.564. The van der Waals surface area contributed by atoms with E-state index in [1.54, 1.807) is 0 Å². The Labute approximate surface area is 190 Å². The molecule has 0 unspecified atom stereocenters. The van der Waals surface area contributed by atoms with E-state index in [4.69, 9.17) is 0 Å². The van der Waals surface area contributed by atoms with E-state index in [9.17, 15) is 9.59 Å². The first-order valence-electron chi connectivity index (χ1n) is 11.0. The second-order valence-corrected chi connectivity index (χ2v) is 8.61. The first-order valence-corrected chi connectivity index (χ1v) is 11.0. The molecule has 168 valence electrons.